The molecule has 2 aromatic rings. The van der Waals surface area contributed by atoms with Crippen LogP contribution in [0.25, 0.3) is 0 Å². The maximum Gasteiger partial charge on any atom is 0.251 e. The van der Waals surface area contributed by atoms with E-state index in [2.05, 4.69) is 5.32 Å². The van der Waals surface area contributed by atoms with Gasteiger partial charge in [0.15, 0.2) is 0 Å². The fourth-order valence-electron chi connectivity index (χ4n) is 2.26. The van der Waals surface area contributed by atoms with Crippen molar-refractivity contribution in [3.63, 3.8) is 0 Å². The molecule has 2 aromatic carbocycles. The molecule has 1 atom stereocenters. The van der Waals surface area contributed by atoms with Gasteiger partial charge in [0.2, 0.25) is 0 Å². The molecule has 3 heteroatoms. The summed E-state index contributed by atoms with van der Waals surface area (Å²) in [5.41, 5.74) is 3.80. The number of nitrogens with one attached hydrogen (secondary N) is 1. The number of aliphatic hydroxyl groups excluding tert-OH is 1. The lowest BCUT2D eigenvalue weighted by atomic mass is 10.0. The average Bonchev–Trinajstić information content (AvgIpc) is 2.48. The van der Waals surface area contributed by atoms with Crippen molar-refractivity contribution in [2.45, 2.75) is 26.4 Å². The third-order valence-electron chi connectivity index (χ3n) is 3.66. The summed E-state index contributed by atoms with van der Waals surface area (Å²) in [5.74, 6) is -0.136. The molecule has 2 N–H and O–H groups in total. The Bertz CT molecular complexity index is 608. The first-order valence-corrected chi connectivity index (χ1v) is 7.14. The number of aryl methyl sites for hydroxylation is 1. The lowest BCUT2D eigenvalue weighted by molar-refractivity contribution is 0.0915. The average molecular weight is 283 g/mol. The van der Waals surface area contributed by atoms with E-state index >= 15 is 0 Å². The molecular weight excluding hydrogens is 262 g/mol. The van der Waals surface area contributed by atoms with Gasteiger partial charge in [-0.15, -0.1) is 0 Å². The molecule has 0 aromatic heterocycles. The molecule has 0 aliphatic carbocycles. The number of hydrogen-bond donors (Lipinski definition) is 2. The lowest BCUT2D eigenvalue weighted by Gasteiger charge is -2.13. The maximum absolute atomic E-state index is 12.2. The quantitative estimate of drug-likeness (QED) is 0.886. The number of carbonyl (C=O) groups is 1. The molecular formula is C18H21NO2. The minimum Gasteiger partial charge on any atom is -0.391 e. The Morgan fingerprint density at radius 2 is 1.81 bits per heavy atom. The molecule has 0 saturated carbocycles. The summed E-state index contributed by atoms with van der Waals surface area (Å²) in [4.78, 5) is 12.2. The fourth-order valence-corrected chi connectivity index (χ4v) is 2.26. The molecule has 0 radical (unpaired) electrons. The van der Waals surface area contributed by atoms with Crippen LogP contribution >= 0.6 is 0 Å². The zero-order valence-electron chi connectivity index (χ0n) is 12.5. The van der Waals surface area contributed by atoms with Gasteiger partial charge in [0.25, 0.3) is 5.91 Å². The number of amides is 1. The molecule has 2 rings (SSSR count). The molecule has 0 aliphatic heterocycles. The van der Waals surface area contributed by atoms with Crippen LogP contribution in [-0.4, -0.2) is 23.7 Å². The number of aliphatic hydroxyl groups is 1. The molecule has 0 fully saturated rings. The fraction of sp³-hybridized carbons (Fsp3) is 0.278. The highest BCUT2D eigenvalue weighted by atomic mass is 16.3. The Kier molecular flexibility index (Phi) is 5.12. The summed E-state index contributed by atoms with van der Waals surface area (Å²) in [7, 11) is 0. The Hall–Kier alpha value is -2.13. The molecule has 21 heavy (non-hydrogen) atoms. The number of carbonyl (C=O) groups excluding carboxylic acids is 1. The molecule has 1 unspecified atom stereocenters. The van der Waals surface area contributed by atoms with Crippen LogP contribution in [0.5, 0.6) is 0 Å². The van der Waals surface area contributed by atoms with Crippen molar-refractivity contribution in [1.82, 2.24) is 5.32 Å². The van der Waals surface area contributed by atoms with Crippen molar-refractivity contribution in [3.8, 4) is 0 Å². The molecule has 110 valence electrons. The van der Waals surface area contributed by atoms with Crippen molar-refractivity contribution in [2.75, 3.05) is 6.54 Å². The summed E-state index contributed by atoms with van der Waals surface area (Å²) < 4.78 is 0. The molecule has 0 spiro atoms. The normalized spacial score (nSPS) is 12.0. The summed E-state index contributed by atoms with van der Waals surface area (Å²) >= 11 is 0. The lowest BCUT2D eigenvalue weighted by Crippen LogP contribution is -2.33. The maximum atomic E-state index is 12.2. The highest BCUT2D eigenvalue weighted by Crippen LogP contribution is 2.12. The molecule has 0 aliphatic rings. The van der Waals surface area contributed by atoms with Gasteiger partial charge in [0.05, 0.1) is 6.10 Å². The minimum atomic E-state index is -0.582. The van der Waals surface area contributed by atoms with Crippen LogP contribution in [0, 0.1) is 13.8 Å². The molecule has 1 amide bonds. The third-order valence-corrected chi connectivity index (χ3v) is 3.66. The standard InChI is InChI=1S/C18H21NO2/c1-13-7-6-10-17(14(13)2)18(21)19-12-16(20)11-15-8-4-3-5-9-15/h3-10,16,20H,11-12H2,1-2H3,(H,19,21). The second-order valence-corrected chi connectivity index (χ2v) is 5.30. The van der Waals surface area contributed by atoms with Crippen LogP contribution in [0.3, 0.4) is 0 Å². The van der Waals surface area contributed by atoms with E-state index in [1.165, 1.54) is 0 Å². The van der Waals surface area contributed by atoms with E-state index in [1.54, 1.807) is 6.07 Å². The van der Waals surface area contributed by atoms with Gasteiger partial charge >= 0.3 is 0 Å². The summed E-state index contributed by atoms with van der Waals surface area (Å²) in [6.45, 7) is 4.17. The monoisotopic (exact) mass is 283 g/mol. The van der Waals surface area contributed by atoms with Crippen LogP contribution < -0.4 is 5.32 Å². The van der Waals surface area contributed by atoms with Gasteiger partial charge in [0.1, 0.15) is 0 Å². The topological polar surface area (TPSA) is 49.3 Å². The van der Waals surface area contributed by atoms with Crippen LogP contribution in [0.15, 0.2) is 48.5 Å². The van der Waals surface area contributed by atoms with Gasteiger partial charge in [-0.05, 0) is 36.6 Å². The number of hydrogen-bond acceptors (Lipinski definition) is 2. The SMILES string of the molecule is Cc1cccc(C(=O)NCC(O)Cc2ccccc2)c1C. The zero-order chi connectivity index (χ0) is 15.2. The molecule has 0 heterocycles. The predicted molar refractivity (Wildman–Crippen MR) is 84.4 cm³/mol. The van der Waals surface area contributed by atoms with Crippen molar-refractivity contribution in [2.24, 2.45) is 0 Å². The zero-order valence-corrected chi connectivity index (χ0v) is 12.5. The minimum absolute atomic E-state index is 0.136. The van der Waals surface area contributed by atoms with Gasteiger partial charge in [-0.2, -0.15) is 0 Å². The first-order chi connectivity index (χ1) is 10.1. The smallest absolute Gasteiger partial charge is 0.251 e. The van der Waals surface area contributed by atoms with E-state index in [4.69, 9.17) is 0 Å². The largest absolute Gasteiger partial charge is 0.391 e. The van der Waals surface area contributed by atoms with E-state index < -0.39 is 6.10 Å². The van der Waals surface area contributed by atoms with E-state index in [0.717, 1.165) is 16.7 Å². The first kappa shape index (κ1) is 15.3. The van der Waals surface area contributed by atoms with Crippen LogP contribution in [0.1, 0.15) is 27.0 Å². The Morgan fingerprint density at radius 1 is 1.10 bits per heavy atom. The van der Waals surface area contributed by atoms with Gasteiger partial charge < -0.3 is 10.4 Å². The van der Waals surface area contributed by atoms with Crippen molar-refractivity contribution >= 4 is 5.91 Å². The number of rotatable bonds is 5. The second kappa shape index (κ2) is 7.04. The van der Waals surface area contributed by atoms with Crippen molar-refractivity contribution in [3.05, 3.63) is 70.8 Å². The van der Waals surface area contributed by atoms with Crippen LogP contribution in [0.2, 0.25) is 0 Å². The van der Waals surface area contributed by atoms with Gasteiger partial charge in [-0.3, -0.25) is 4.79 Å². The number of benzene rings is 2. The molecule has 0 bridgehead atoms. The summed E-state index contributed by atoms with van der Waals surface area (Å²) in [5, 5.41) is 12.8. The summed E-state index contributed by atoms with van der Waals surface area (Å²) in [6.07, 6.45) is -0.0463. The highest BCUT2D eigenvalue weighted by molar-refractivity contribution is 5.95. The van der Waals surface area contributed by atoms with E-state index in [1.807, 2.05) is 56.3 Å². The predicted octanol–water partition coefficient (Wildman–Crippen LogP) is 2.64. The Balaban J connectivity index is 1.90. The van der Waals surface area contributed by atoms with Crippen molar-refractivity contribution < 1.29 is 9.90 Å². The second-order valence-electron chi connectivity index (χ2n) is 5.30. The Labute approximate surface area is 125 Å². The highest BCUT2D eigenvalue weighted by Gasteiger charge is 2.12. The summed E-state index contributed by atoms with van der Waals surface area (Å²) in [6, 6.07) is 15.4. The Morgan fingerprint density at radius 3 is 2.52 bits per heavy atom. The van der Waals surface area contributed by atoms with Gasteiger partial charge in [0, 0.05) is 18.5 Å². The van der Waals surface area contributed by atoms with E-state index in [9.17, 15) is 9.90 Å². The van der Waals surface area contributed by atoms with E-state index in [0.29, 0.717) is 12.0 Å². The van der Waals surface area contributed by atoms with Crippen LogP contribution in [-0.2, 0) is 6.42 Å². The third kappa shape index (κ3) is 4.17. The van der Waals surface area contributed by atoms with Gasteiger partial charge in [-0.1, -0.05) is 42.5 Å². The molecule has 3 nitrogen and oxygen atoms in total. The van der Waals surface area contributed by atoms with Gasteiger partial charge in [-0.25, -0.2) is 0 Å². The van der Waals surface area contributed by atoms with Crippen LogP contribution in [0.4, 0.5) is 0 Å². The van der Waals surface area contributed by atoms with E-state index in [-0.39, 0.29) is 12.5 Å². The molecule has 0 saturated heterocycles. The first-order valence-electron chi connectivity index (χ1n) is 7.14. The van der Waals surface area contributed by atoms with Crippen molar-refractivity contribution in [1.29, 1.82) is 0 Å².